The average molecular weight is 357 g/mol. The highest BCUT2D eigenvalue weighted by Crippen LogP contribution is 2.29. The van der Waals surface area contributed by atoms with Crippen molar-refractivity contribution in [3.8, 4) is 5.75 Å². The van der Waals surface area contributed by atoms with E-state index in [0.717, 1.165) is 17.8 Å². The van der Waals surface area contributed by atoms with Crippen LogP contribution in [0.2, 0.25) is 0 Å². The largest absolute Gasteiger partial charge is 0.503 e. The number of rotatable bonds is 8. The highest BCUT2D eigenvalue weighted by atomic mass is 32.1. The summed E-state index contributed by atoms with van der Waals surface area (Å²) in [7, 11) is 1.48. The van der Waals surface area contributed by atoms with Crippen molar-refractivity contribution in [3.05, 3.63) is 64.8 Å². The summed E-state index contributed by atoms with van der Waals surface area (Å²) in [6.45, 7) is 8.33. The Kier molecular flexibility index (Phi) is 6.95. The Hall–Kier alpha value is -2.40. The lowest BCUT2D eigenvalue weighted by Crippen LogP contribution is -2.13. The number of para-hydroxylation sites is 1. The maximum atomic E-state index is 12.5. The molecule has 0 saturated carbocycles. The van der Waals surface area contributed by atoms with Crippen molar-refractivity contribution in [2.75, 3.05) is 7.11 Å². The van der Waals surface area contributed by atoms with Crippen LogP contribution in [0.25, 0.3) is 5.57 Å². The molecule has 1 heterocycles. The highest BCUT2D eigenvalue weighted by Gasteiger charge is 2.20. The standard InChI is InChI=1S/C20H23NO3S/c1-5-9-14(2)19-21-18(13-25-19)15(3)17(12-23-4)20(22)24-16-10-7-6-8-11-16/h6-8,10-14H,3,5,9H2,1-2,4H3. The molecular weight excluding hydrogens is 334 g/mol. The molecule has 0 fully saturated rings. The van der Waals surface area contributed by atoms with Gasteiger partial charge >= 0.3 is 5.97 Å². The van der Waals surface area contributed by atoms with Gasteiger partial charge in [-0.3, -0.25) is 0 Å². The van der Waals surface area contributed by atoms with E-state index < -0.39 is 5.97 Å². The quantitative estimate of drug-likeness (QED) is 0.214. The SMILES string of the molecule is C=C(C(=COC)C(=O)Oc1ccccc1)c1csc(C(C)CCC)n1. The second-order valence-electron chi connectivity index (χ2n) is 5.71. The van der Waals surface area contributed by atoms with Crippen LogP contribution in [-0.2, 0) is 9.53 Å². The van der Waals surface area contributed by atoms with E-state index in [1.165, 1.54) is 13.4 Å². The molecular formula is C20H23NO3S. The third kappa shape index (κ3) is 5.03. The van der Waals surface area contributed by atoms with E-state index >= 15 is 0 Å². The lowest BCUT2D eigenvalue weighted by atomic mass is 10.1. The Bertz CT molecular complexity index is 749. The van der Waals surface area contributed by atoms with Crippen LogP contribution in [0, 0.1) is 0 Å². The fourth-order valence-electron chi connectivity index (χ4n) is 2.36. The number of ether oxygens (including phenoxy) is 2. The van der Waals surface area contributed by atoms with Gasteiger partial charge in [-0.05, 0) is 18.6 Å². The number of nitrogens with zero attached hydrogens (tertiary/aromatic N) is 1. The minimum atomic E-state index is -0.519. The molecule has 1 atom stereocenters. The van der Waals surface area contributed by atoms with Gasteiger partial charge in [0.15, 0.2) is 0 Å². The van der Waals surface area contributed by atoms with Gasteiger partial charge in [0.1, 0.15) is 11.3 Å². The number of esters is 1. The third-order valence-corrected chi connectivity index (χ3v) is 4.79. The predicted octanol–water partition coefficient (Wildman–Crippen LogP) is 5.20. The Morgan fingerprint density at radius 3 is 2.72 bits per heavy atom. The summed E-state index contributed by atoms with van der Waals surface area (Å²) in [5, 5.41) is 2.97. The van der Waals surface area contributed by atoms with Crippen LogP contribution in [-0.4, -0.2) is 18.1 Å². The first kappa shape index (κ1) is 18.9. The molecule has 0 radical (unpaired) electrons. The predicted molar refractivity (Wildman–Crippen MR) is 102 cm³/mol. The lowest BCUT2D eigenvalue weighted by Gasteiger charge is -2.09. The van der Waals surface area contributed by atoms with Crippen LogP contribution in [0.5, 0.6) is 5.75 Å². The molecule has 0 amide bonds. The topological polar surface area (TPSA) is 48.4 Å². The van der Waals surface area contributed by atoms with E-state index in [1.807, 2.05) is 11.4 Å². The van der Waals surface area contributed by atoms with Crippen molar-refractivity contribution in [3.63, 3.8) is 0 Å². The summed E-state index contributed by atoms with van der Waals surface area (Å²) in [6, 6.07) is 8.91. The Labute approximate surface area is 152 Å². The van der Waals surface area contributed by atoms with Gasteiger partial charge in [-0.2, -0.15) is 0 Å². The van der Waals surface area contributed by atoms with Gasteiger partial charge in [-0.25, -0.2) is 9.78 Å². The molecule has 0 aliphatic rings. The number of hydrogen-bond acceptors (Lipinski definition) is 5. The van der Waals surface area contributed by atoms with Gasteiger partial charge in [-0.15, -0.1) is 11.3 Å². The molecule has 1 unspecified atom stereocenters. The fourth-order valence-corrected chi connectivity index (χ4v) is 3.29. The summed E-state index contributed by atoms with van der Waals surface area (Å²) in [5.74, 6) is 0.342. The van der Waals surface area contributed by atoms with Gasteiger partial charge < -0.3 is 9.47 Å². The number of carbonyl (C=O) groups excluding carboxylic acids is 1. The van der Waals surface area contributed by atoms with E-state index in [4.69, 9.17) is 9.47 Å². The summed E-state index contributed by atoms with van der Waals surface area (Å²) in [5.41, 5.74) is 1.43. The zero-order valence-corrected chi connectivity index (χ0v) is 15.6. The van der Waals surface area contributed by atoms with Gasteiger partial charge in [0.25, 0.3) is 0 Å². The molecule has 0 aliphatic heterocycles. The Balaban J connectivity index is 2.18. The van der Waals surface area contributed by atoms with Crippen molar-refractivity contribution in [2.24, 2.45) is 0 Å². The molecule has 0 N–H and O–H groups in total. The van der Waals surface area contributed by atoms with Gasteiger partial charge in [0, 0.05) is 16.9 Å². The minimum absolute atomic E-state index is 0.256. The highest BCUT2D eigenvalue weighted by molar-refractivity contribution is 7.09. The van der Waals surface area contributed by atoms with Crippen molar-refractivity contribution >= 4 is 22.9 Å². The molecule has 25 heavy (non-hydrogen) atoms. The van der Waals surface area contributed by atoms with Crippen LogP contribution in [0.3, 0.4) is 0 Å². The molecule has 2 rings (SSSR count). The smallest absolute Gasteiger partial charge is 0.347 e. The van der Waals surface area contributed by atoms with E-state index in [9.17, 15) is 4.79 Å². The van der Waals surface area contributed by atoms with Crippen molar-refractivity contribution < 1.29 is 14.3 Å². The first-order valence-corrected chi connectivity index (χ1v) is 9.10. The molecule has 0 aliphatic carbocycles. The maximum absolute atomic E-state index is 12.5. The van der Waals surface area contributed by atoms with Crippen LogP contribution in [0.4, 0.5) is 0 Å². The summed E-state index contributed by atoms with van der Waals surface area (Å²) in [4.78, 5) is 17.1. The average Bonchev–Trinajstić information content (AvgIpc) is 3.10. The van der Waals surface area contributed by atoms with Gasteiger partial charge in [-0.1, -0.05) is 45.0 Å². The van der Waals surface area contributed by atoms with E-state index in [0.29, 0.717) is 22.9 Å². The number of aromatic nitrogens is 1. The molecule has 2 aromatic rings. The normalized spacial score (nSPS) is 12.5. The first-order chi connectivity index (χ1) is 12.1. The molecule has 0 bridgehead atoms. The minimum Gasteiger partial charge on any atom is -0.503 e. The number of benzene rings is 1. The first-order valence-electron chi connectivity index (χ1n) is 8.22. The van der Waals surface area contributed by atoms with E-state index in [-0.39, 0.29) is 5.57 Å². The fraction of sp³-hybridized carbons (Fsp3) is 0.300. The van der Waals surface area contributed by atoms with Crippen LogP contribution in [0.15, 0.2) is 54.1 Å². The third-order valence-electron chi connectivity index (χ3n) is 3.71. The Morgan fingerprint density at radius 2 is 2.08 bits per heavy atom. The van der Waals surface area contributed by atoms with Crippen LogP contribution in [0.1, 0.15) is 43.3 Å². The molecule has 0 spiro atoms. The molecule has 1 aromatic heterocycles. The van der Waals surface area contributed by atoms with Gasteiger partial charge in [0.05, 0.1) is 24.1 Å². The van der Waals surface area contributed by atoms with Crippen molar-refractivity contribution in [1.82, 2.24) is 4.98 Å². The second-order valence-corrected chi connectivity index (χ2v) is 6.60. The molecule has 4 nitrogen and oxygen atoms in total. The maximum Gasteiger partial charge on any atom is 0.347 e. The van der Waals surface area contributed by atoms with Crippen LogP contribution < -0.4 is 4.74 Å². The zero-order valence-electron chi connectivity index (χ0n) is 14.8. The lowest BCUT2D eigenvalue weighted by molar-refractivity contribution is -0.129. The second kappa shape index (κ2) is 9.18. The monoisotopic (exact) mass is 357 g/mol. The van der Waals surface area contributed by atoms with E-state index in [1.54, 1.807) is 35.6 Å². The number of methoxy groups -OCH3 is 1. The molecule has 1 aromatic carbocycles. The zero-order chi connectivity index (χ0) is 18.2. The number of thiazole rings is 1. The van der Waals surface area contributed by atoms with Crippen molar-refractivity contribution in [1.29, 1.82) is 0 Å². The summed E-state index contributed by atoms with van der Waals surface area (Å²) in [6.07, 6.45) is 3.54. The molecule has 132 valence electrons. The Morgan fingerprint density at radius 1 is 1.36 bits per heavy atom. The van der Waals surface area contributed by atoms with E-state index in [2.05, 4.69) is 25.4 Å². The number of carbonyl (C=O) groups is 1. The number of hydrogen-bond donors (Lipinski definition) is 0. The van der Waals surface area contributed by atoms with Crippen molar-refractivity contribution in [2.45, 2.75) is 32.6 Å². The summed E-state index contributed by atoms with van der Waals surface area (Å²) >= 11 is 1.59. The molecule has 0 saturated heterocycles. The van der Waals surface area contributed by atoms with Crippen LogP contribution >= 0.6 is 11.3 Å². The summed E-state index contributed by atoms with van der Waals surface area (Å²) < 4.78 is 10.4. The molecule has 5 heteroatoms. The van der Waals surface area contributed by atoms with Gasteiger partial charge in [0.2, 0.25) is 0 Å².